The molecule has 2 aromatic rings. The molecule has 1 aromatic heterocycles. The van der Waals surface area contributed by atoms with E-state index in [1.165, 1.54) is 30.4 Å². The third-order valence-electron chi connectivity index (χ3n) is 5.94. The smallest absolute Gasteiger partial charge is 0.309 e. The van der Waals surface area contributed by atoms with Crippen LogP contribution in [0.3, 0.4) is 0 Å². The van der Waals surface area contributed by atoms with E-state index in [0.717, 1.165) is 19.4 Å². The van der Waals surface area contributed by atoms with Crippen LogP contribution in [0.2, 0.25) is 0 Å². The number of methoxy groups -OCH3 is 1. The summed E-state index contributed by atoms with van der Waals surface area (Å²) in [6.07, 6.45) is 4.40. The number of benzene rings is 1. The average Bonchev–Trinajstić information content (AvgIpc) is 3.27. The van der Waals surface area contributed by atoms with Gasteiger partial charge in [0.15, 0.2) is 0 Å². The monoisotopic (exact) mass is 355 g/mol. The van der Waals surface area contributed by atoms with Gasteiger partial charge in [0, 0.05) is 29.4 Å². The van der Waals surface area contributed by atoms with Crippen molar-refractivity contribution in [1.29, 1.82) is 0 Å². The molecule has 25 heavy (non-hydrogen) atoms. The Morgan fingerprint density at radius 2 is 2.04 bits per heavy atom. The van der Waals surface area contributed by atoms with Crippen LogP contribution in [0.4, 0.5) is 0 Å². The second kappa shape index (κ2) is 7.30. The van der Waals surface area contributed by atoms with Crippen molar-refractivity contribution in [1.82, 2.24) is 4.90 Å². The Bertz CT molecular complexity index is 700. The molecule has 2 fully saturated rings. The van der Waals surface area contributed by atoms with Crippen LogP contribution in [0.15, 0.2) is 47.8 Å². The van der Waals surface area contributed by atoms with Crippen molar-refractivity contribution in [3.05, 3.63) is 58.3 Å². The highest BCUT2D eigenvalue weighted by Gasteiger charge is 2.50. The molecule has 3 heterocycles. The first-order valence-electron chi connectivity index (χ1n) is 9.19. The number of thiophene rings is 1. The lowest BCUT2D eigenvalue weighted by Gasteiger charge is -2.43. The molecular weight excluding hydrogens is 330 g/mol. The zero-order valence-corrected chi connectivity index (χ0v) is 15.5. The van der Waals surface area contributed by atoms with Crippen LogP contribution in [0.25, 0.3) is 0 Å². The van der Waals surface area contributed by atoms with Gasteiger partial charge in [0.2, 0.25) is 0 Å². The van der Waals surface area contributed by atoms with Gasteiger partial charge in [-0.2, -0.15) is 0 Å². The standard InChI is InChI=1S/C21H25NO2S/c1-24-21(23)17-14-16-9-10-18(20(17)19-8-5-13-25-19)22(16)12-11-15-6-3-2-4-7-15/h2-8,13,16-18,20H,9-12,14H2,1H3/t16-,17+,18-,20+/m1/s1. The summed E-state index contributed by atoms with van der Waals surface area (Å²) >= 11 is 1.78. The Balaban J connectivity index is 1.56. The molecule has 2 aliphatic heterocycles. The number of fused-ring (bicyclic) bond motifs is 2. The molecule has 1 aromatic carbocycles. The summed E-state index contributed by atoms with van der Waals surface area (Å²) in [5.74, 6) is 0.258. The predicted octanol–water partition coefficient (Wildman–Crippen LogP) is 4.10. The van der Waals surface area contributed by atoms with Crippen molar-refractivity contribution < 1.29 is 9.53 Å². The molecule has 2 saturated heterocycles. The number of hydrogen-bond acceptors (Lipinski definition) is 4. The molecule has 3 nitrogen and oxygen atoms in total. The van der Waals surface area contributed by atoms with Crippen molar-refractivity contribution in [2.45, 2.75) is 43.7 Å². The van der Waals surface area contributed by atoms with E-state index >= 15 is 0 Å². The fourth-order valence-corrected chi connectivity index (χ4v) is 5.78. The van der Waals surface area contributed by atoms with E-state index in [4.69, 9.17) is 4.74 Å². The number of hydrogen-bond donors (Lipinski definition) is 0. The molecule has 0 spiro atoms. The fourth-order valence-electron chi connectivity index (χ4n) is 4.83. The molecule has 0 amide bonds. The Morgan fingerprint density at radius 3 is 2.76 bits per heavy atom. The minimum Gasteiger partial charge on any atom is -0.469 e. The van der Waals surface area contributed by atoms with E-state index < -0.39 is 0 Å². The van der Waals surface area contributed by atoms with Crippen LogP contribution in [-0.4, -0.2) is 36.6 Å². The Kier molecular flexibility index (Phi) is 4.91. The highest BCUT2D eigenvalue weighted by molar-refractivity contribution is 7.10. The molecule has 2 aliphatic rings. The topological polar surface area (TPSA) is 29.5 Å². The fraction of sp³-hybridized carbons (Fsp3) is 0.476. The van der Waals surface area contributed by atoms with Crippen molar-refractivity contribution >= 4 is 17.3 Å². The van der Waals surface area contributed by atoms with Crippen LogP contribution in [-0.2, 0) is 16.0 Å². The van der Waals surface area contributed by atoms with Crippen molar-refractivity contribution in [2.75, 3.05) is 13.7 Å². The van der Waals surface area contributed by atoms with Crippen LogP contribution in [0.5, 0.6) is 0 Å². The Morgan fingerprint density at radius 1 is 1.20 bits per heavy atom. The van der Waals surface area contributed by atoms with Gasteiger partial charge in [-0.1, -0.05) is 36.4 Å². The maximum absolute atomic E-state index is 12.4. The van der Waals surface area contributed by atoms with Crippen molar-refractivity contribution in [2.24, 2.45) is 5.92 Å². The molecule has 4 atom stereocenters. The lowest BCUT2D eigenvalue weighted by molar-refractivity contribution is -0.149. The molecular formula is C21H25NO2S. The first kappa shape index (κ1) is 16.8. The first-order chi connectivity index (χ1) is 12.3. The van der Waals surface area contributed by atoms with Crippen LogP contribution in [0, 0.1) is 5.92 Å². The van der Waals surface area contributed by atoms with Gasteiger partial charge in [0.05, 0.1) is 13.0 Å². The van der Waals surface area contributed by atoms with Crippen molar-refractivity contribution in [3.8, 4) is 0 Å². The summed E-state index contributed by atoms with van der Waals surface area (Å²) in [6.45, 7) is 1.08. The zero-order chi connectivity index (χ0) is 17.2. The largest absolute Gasteiger partial charge is 0.469 e. The van der Waals surface area contributed by atoms with Crippen LogP contribution >= 0.6 is 11.3 Å². The molecule has 0 radical (unpaired) electrons. The van der Waals surface area contributed by atoms with Gasteiger partial charge < -0.3 is 4.74 Å². The van der Waals surface area contributed by atoms with E-state index in [2.05, 4.69) is 52.7 Å². The minimum atomic E-state index is -0.0296. The number of ether oxygens (including phenoxy) is 1. The number of rotatable bonds is 5. The maximum Gasteiger partial charge on any atom is 0.309 e. The second-order valence-corrected chi connectivity index (χ2v) is 8.16. The van der Waals surface area contributed by atoms with E-state index in [1.807, 2.05) is 0 Å². The van der Waals surface area contributed by atoms with E-state index in [9.17, 15) is 4.79 Å². The SMILES string of the molecule is COC(=O)[C@H]1C[C@H]2CC[C@H]([C@H]1c1cccs1)N2CCc1ccccc1. The number of esters is 1. The first-order valence-corrected chi connectivity index (χ1v) is 10.1. The zero-order valence-electron chi connectivity index (χ0n) is 14.6. The summed E-state index contributed by atoms with van der Waals surface area (Å²) in [7, 11) is 1.53. The van der Waals surface area contributed by atoms with E-state index in [1.54, 1.807) is 11.3 Å². The van der Waals surface area contributed by atoms with Gasteiger partial charge in [0.1, 0.15) is 0 Å². The number of carbonyl (C=O) groups is 1. The minimum absolute atomic E-state index is 0.00845. The quantitative estimate of drug-likeness (QED) is 0.756. The molecule has 4 rings (SSSR count). The normalized spacial score (nSPS) is 28.8. The molecule has 0 saturated carbocycles. The number of piperidine rings is 1. The van der Waals surface area contributed by atoms with Gasteiger partial charge >= 0.3 is 5.97 Å². The van der Waals surface area contributed by atoms with Gasteiger partial charge in [-0.05, 0) is 42.7 Å². The number of carbonyl (C=O) groups excluding carboxylic acids is 1. The number of nitrogens with zero attached hydrogens (tertiary/aromatic N) is 1. The lowest BCUT2D eigenvalue weighted by Crippen LogP contribution is -2.50. The average molecular weight is 356 g/mol. The molecule has 2 bridgehead atoms. The molecule has 0 aliphatic carbocycles. The third-order valence-corrected chi connectivity index (χ3v) is 6.92. The second-order valence-electron chi connectivity index (χ2n) is 7.18. The lowest BCUT2D eigenvalue weighted by atomic mass is 9.79. The summed E-state index contributed by atoms with van der Waals surface area (Å²) in [4.78, 5) is 16.5. The van der Waals surface area contributed by atoms with Gasteiger partial charge in [-0.3, -0.25) is 9.69 Å². The van der Waals surface area contributed by atoms with Gasteiger partial charge in [0.25, 0.3) is 0 Å². The molecule has 0 unspecified atom stereocenters. The van der Waals surface area contributed by atoms with Gasteiger partial charge in [-0.25, -0.2) is 0 Å². The van der Waals surface area contributed by atoms with Crippen LogP contribution in [0.1, 0.15) is 35.6 Å². The summed E-state index contributed by atoms with van der Waals surface area (Å²) in [5.41, 5.74) is 1.39. The highest BCUT2D eigenvalue weighted by atomic mass is 32.1. The van der Waals surface area contributed by atoms with E-state index in [0.29, 0.717) is 12.1 Å². The Hall–Kier alpha value is -1.65. The summed E-state index contributed by atoms with van der Waals surface area (Å²) in [6, 6.07) is 16.0. The van der Waals surface area contributed by atoms with Crippen LogP contribution < -0.4 is 0 Å². The third kappa shape index (κ3) is 3.25. The molecule has 132 valence electrons. The highest BCUT2D eigenvalue weighted by Crippen LogP contribution is 2.48. The summed E-state index contributed by atoms with van der Waals surface area (Å²) < 4.78 is 5.15. The molecule has 4 heteroatoms. The predicted molar refractivity (Wildman–Crippen MR) is 101 cm³/mol. The van der Waals surface area contributed by atoms with E-state index in [-0.39, 0.29) is 17.8 Å². The van der Waals surface area contributed by atoms with Crippen molar-refractivity contribution in [3.63, 3.8) is 0 Å². The molecule has 0 N–H and O–H groups in total. The van der Waals surface area contributed by atoms with Gasteiger partial charge in [-0.15, -0.1) is 11.3 Å². The Labute approximate surface area is 153 Å². The summed E-state index contributed by atoms with van der Waals surface area (Å²) in [5, 5.41) is 2.12. The maximum atomic E-state index is 12.4.